The Kier molecular flexibility index (Phi) is 23.2. The van der Waals surface area contributed by atoms with Gasteiger partial charge in [0.25, 0.3) is 0 Å². The molecule has 2 heterocycles. The van der Waals surface area contributed by atoms with Gasteiger partial charge in [0.1, 0.15) is 24.2 Å². The number of rotatable bonds is 9. The van der Waals surface area contributed by atoms with Crippen molar-refractivity contribution in [1.29, 1.82) is 0 Å². The lowest BCUT2D eigenvalue weighted by Crippen LogP contribution is -2.32. The minimum atomic E-state index is -0.968. The van der Waals surface area contributed by atoms with E-state index < -0.39 is 41.9 Å². The quantitative estimate of drug-likeness (QED) is 0.175. The van der Waals surface area contributed by atoms with E-state index in [0.29, 0.717) is 18.8 Å². The van der Waals surface area contributed by atoms with Crippen LogP contribution in [0.1, 0.15) is 51.5 Å². The summed E-state index contributed by atoms with van der Waals surface area (Å²) in [4.78, 5) is 50.0. The first-order valence-electron chi connectivity index (χ1n) is 13.5. The minimum absolute atomic E-state index is 0.269. The zero-order chi connectivity index (χ0) is 32.7. The number of nitrogens with one attached hydrogen (secondary N) is 2. The van der Waals surface area contributed by atoms with Crippen molar-refractivity contribution in [3.63, 3.8) is 0 Å². The van der Waals surface area contributed by atoms with Crippen LogP contribution in [0.15, 0.2) is 30.3 Å². The van der Waals surface area contributed by atoms with Gasteiger partial charge in [-0.25, -0.2) is 0 Å². The van der Waals surface area contributed by atoms with Crippen molar-refractivity contribution in [3.05, 3.63) is 35.9 Å². The van der Waals surface area contributed by atoms with Gasteiger partial charge in [0.05, 0.1) is 6.54 Å². The van der Waals surface area contributed by atoms with Crippen molar-refractivity contribution in [2.75, 3.05) is 19.6 Å². The number of hydrogen-bond donors (Lipinski definition) is 10. The predicted molar refractivity (Wildman–Crippen MR) is 155 cm³/mol. The minimum Gasteiger partial charge on any atom is -0.480 e. The Morgan fingerprint density at radius 3 is 1.40 bits per heavy atom. The molecule has 0 spiro atoms. The maximum absolute atomic E-state index is 10.4. The number of nitrogens with two attached hydrogens (primary N) is 3. The van der Waals surface area contributed by atoms with Crippen LogP contribution in [0.5, 0.6) is 0 Å². The highest BCUT2D eigenvalue weighted by atomic mass is 16.4. The van der Waals surface area contributed by atoms with Crippen molar-refractivity contribution < 1.29 is 49.5 Å². The molecule has 15 heteroatoms. The summed E-state index contributed by atoms with van der Waals surface area (Å²) < 4.78 is 0. The average Bonchev–Trinajstić information content (AvgIpc) is 3.65. The van der Waals surface area contributed by atoms with Crippen LogP contribution in [-0.2, 0) is 30.4 Å². The van der Waals surface area contributed by atoms with E-state index in [1.165, 1.54) is 0 Å². The molecule has 15 nitrogen and oxygen atoms in total. The lowest BCUT2D eigenvalue weighted by molar-refractivity contribution is -0.140. The zero-order valence-corrected chi connectivity index (χ0v) is 24.1. The van der Waals surface area contributed by atoms with Gasteiger partial charge in [0.2, 0.25) is 0 Å². The van der Waals surface area contributed by atoms with Gasteiger partial charge >= 0.3 is 29.8 Å². The standard InChI is InChI=1S/C9H11NO2.C6H13NO2.2C5H9NO2.C2H5NO2/c10-8(9(11)12)6-7-4-2-1-3-5-7;1-4(2)3-5(7)6(8)9;2*7-5(8)4-2-1-3-6-4;3-1-2(4)5/h1-5,8H,6,10H2,(H,11,12);4-5H,3,7H2,1-2H3,(H,8,9);2*4,6H,1-3H2,(H,7,8);1,3H2,(H,4,5)/t8-;5-;2*4-;/m0000./s1. The molecule has 2 aliphatic rings. The molecule has 2 aliphatic heterocycles. The Balaban J connectivity index is 0. The molecule has 0 amide bonds. The molecule has 13 N–H and O–H groups in total. The average molecular weight is 602 g/mol. The van der Waals surface area contributed by atoms with Crippen molar-refractivity contribution in [3.8, 4) is 0 Å². The molecule has 0 aliphatic carbocycles. The molecule has 0 bridgehead atoms. The third kappa shape index (κ3) is 23.1. The summed E-state index contributed by atoms with van der Waals surface area (Å²) in [5.41, 5.74) is 16.1. The molecular formula is C27H47N5O10. The van der Waals surface area contributed by atoms with Crippen molar-refractivity contribution >= 4 is 29.8 Å². The van der Waals surface area contributed by atoms with Gasteiger partial charge in [-0.15, -0.1) is 0 Å². The van der Waals surface area contributed by atoms with Gasteiger partial charge in [-0.2, -0.15) is 0 Å². The van der Waals surface area contributed by atoms with E-state index >= 15 is 0 Å². The maximum Gasteiger partial charge on any atom is 0.320 e. The molecule has 0 saturated carbocycles. The van der Waals surface area contributed by atoms with Crippen LogP contribution in [0.3, 0.4) is 0 Å². The summed E-state index contributed by atoms with van der Waals surface area (Å²) >= 11 is 0. The molecule has 0 aromatic heterocycles. The van der Waals surface area contributed by atoms with Crippen LogP contribution in [0, 0.1) is 5.92 Å². The lowest BCUT2D eigenvalue weighted by atomic mass is 10.1. The largest absolute Gasteiger partial charge is 0.480 e. The molecule has 240 valence electrons. The van der Waals surface area contributed by atoms with E-state index in [0.717, 1.165) is 44.3 Å². The van der Waals surface area contributed by atoms with Crippen LogP contribution in [0.25, 0.3) is 0 Å². The summed E-state index contributed by atoms with van der Waals surface area (Å²) in [6.45, 7) is 5.33. The molecular weight excluding hydrogens is 554 g/mol. The molecule has 0 radical (unpaired) electrons. The third-order valence-corrected chi connectivity index (χ3v) is 5.55. The maximum atomic E-state index is 10.4. The van der Waals surface area contributed by atoms with Crippen LogP contribution in [0.4, 0.5) is 0 Å². The Morgan fingerprint density at radius 2 is 1.19 bits per heavy atom. The number of carbonyl (C=O) groups is 5. The number of carboxylic acid groups (broad SMARTS) is 5. The second-order valence-corrected chi connectivity index (χ2v) is 9.78. The fourth-order valence-electron chi connectivity index (χ4n) is 3.35. The monoisotopic (exact) mass is 601 g/mol. The first-order valence-corrected chi connectivity index (χ1v) is 13.5. The van der Waals surface area contributed by atoms with E-state index in [4.69, 9.17) is 37.0 Å². The van der Waals surface area contributed by atoms with E-state index in [2.05, 4.69) is 16.4 Å². The number of aliphatic carboxylic acids is 5. The number of carboxylic acids is 5. The second kappa shape index (κ2) is 24.0. The van der Waals surface area contributed by atoms with Crippen molar-refractivity contribution in [2.24, 2.45) is 23.1 Å². The van der Waals surface area contributed by atoms with Crippen LogP contribution >= 0.6 is 0 Å². The Bertz CT molecular complexity index is 895. The highest BCUT2D eigenvalue weighted by Crippen LogP contribution is 2.04. The van der Waals surface area contributed by atoms with Crippen LogP contribution < -0.4 is 27.8 Å². The highest BCUT2D eigenvalue weighted by molar-refractivity contribution is 5.74. The first-order chi connectivity index (χ1) is 19.6. The Hall–Kier alpha value is -3.63. The van der Waals surface area contributed by atoms with E-state index in [1.807, 2.05) is 44.2 Å². The van der Waals surface area contributed by atoms with Gasteiger partial charge in [-0.05, 0) is 63.1 Å². The summed E-state index contributed by atoms with van der Waals surface area (Å²) in [7, 11) is 0. The van der Waals surface area contributed by atoms with Crippen molar-refractivity contribution in [1.82, 2.24) is 10.6 Å². The molecule has 2 saturated heterocycles. The molecule has 0 unspecified atom stereocenters. The molecule has 1 aromatic carbocycles. The summed E-state index contributed by atoms with van der Waals surface area (Å²) in [6.07, 6.45) is 4.50. The Labute approximate surface area is 245 Å². The van der Waals surface area contributed by atoms with E-state index in [1.54, 1.807) is 0 Å². The van der Waals surface area contributed by atoms with Gasteiger partial charge in [-0.3, -0.25) is 24.0 Å². The van der Waals surface area contributed by atoms with E-state index in [9.17, 15) is 24.0 Å². The fraction of sp³-hybridized carbons (Fsp3) is 0.593. The summed E-state index contributed by atoms with van der Waals surface area (Å²) in [5, 5.41) is 46.8. The Morgan fingerprint density at radius 1 is 0.786 bits per heavy atom. The van der Waals surface area contributed by atoms with Gasteiger partial charge in [0, 0.05) is 0 Å². The SMILES string of the molecule is CC(C)C[C@H](N)C(=O)O.NCC(=O)O.N[C@@H](Cc1ccccc1)C(=O)O.O=C(O)[C@@H]1CCCN1.O=C(O)[C@@H]1CCCN1. The molecule has 2 fully saturated rings. The first kappa shape index (κ1) is 40.5. The van der Waals surface area contributed by atoms with Crippen LogP contribution in [0.2, 0.25) is 0 Å². The number of hydrogen-bond acceptors (Lipinski definition) is 10. The zero-order valence-electron chi connectivity index (χ0n) is 24.1. The molecule has 4 atom stereocenters. The summed E-state index contributed by atoms with van der Waals surface area (Å²) in [6, 6.07) is 7.32. The summed E-state index contributed by atoms with van der Waals surface area (Å²) in [5.74, 6) is -3.92. The third-order valence-electron chi connectivity index (χ3n) is 5.55. The van der Waals surface area contributed by atoms with Gasteiger partial charge < -0.3 is 53.4 Å². The number of benzene rings is 1. The topological polar surface area (TPSA) is 289 Å². The normalized spacial score (nSPS) is 18.1. The van der Waals surface area contributed by atoms with Gasteiger partial charge in [-0.1, -0.05) is 44.2 Å². The molecule has 1 aromatic rings. The smallest absolute Gasteiger partial charge is 0.320 e. The molecule has 42 heavy (non-hydrogen) atoms. The van der Waals surface area contributed by atoms with Crippen molar-refractivity contribution in [2.45, 2.75) is 76.5 Å². The van der Waals surface area contributed by atoms with Gasteiger partial charge in [0.15, 0.2) is 0 Å². The highest BCUT2D eigenvalue weighted by Gasteiger charge is 2.21. The second-order valence-electron chi connectivity index (χ2n) is 9.78. The molecule has 3 rings (SSSR count). The fourth-order valence-corrected chi connectivity index (χ4v) is 3.35. The van der Waals surface area contributed by atoms with Crippen LogP contribution in [-0.4, -0.2) is 99.2 Å². The predicted octanol–water partition coefficient (Wildman–Crippen LogP) is -0.239. The lowest BCUT2D eigenvalue weighted by Gasteiger charge is -2.07. The van der Waals surface area contributed by atoms with E-state index in [-0.39, 0.29) is 18.6 Å².